The van der Waals surface area contributed by atoms with Gasteiger partial charge in [0.1, 0.15) is 23.3 Å². The van der Waals surface area contributed by atoms with Crippen LogP contribution in [0.4, 0.5) is 0 Å². The highest BCUT2D eigenvalue weighted by molar-refractivity contribution is 6.35. The topological polar surface area (TPSA) is 77.1 Å². The van der Waals surface area contributed by atoms with E-state index in [1.807, 2.05) is 20.8 Å². The van der Waals surface area contributed by atoms with Crippen LogP contribution in [0.15, 0.2) is 36.4 Å². The summed E-state index contributed by atoms with van der Waals surface area (Å²) in [5.41, 5.74) is 0.678. The predicted molar refractivity (Wildman–Crippen MR) is 134 cm³/mol. The quantitative estimate of drug-likeness (QED) is 0.429. The van der Waals surface area contributed by atoms with Crippen molar-refractivity contribution in [3.8, 4) is 17.2 Å². The molecule has 0 heterocycles. The minimum atomic E-state index is -0.698. The van der Waals surface area contributed by atoms with Crippen molar-refractivity contribution in [2.45, 2.75) is 52.2 Å². The lowest BCUT2D eigenvalue weighted by atomic mass is 10.1. The smallest absolute Gasteiger partial charge is 0.261 e. The van der Waals surface area contributed by atoms with Crippen molar-refractivity contribution in [3.63, 3.8) is 0 Å². The Morgan fingerprint density at radius 1 is 0.971 bits per heavy atom. The number of hydrogen-bond acceptors (Lipinski definition) is 5. The van der Waals surface area contributed by atoms with Gasteiger partial charge in [-0.05, 0) is 37.5 Å². The lowest BCUT2D eigenvalue weighted by Crippen LogP contribution is -2.51. The average molecular weight is 511 g/mol. The Morgan fingerprint density at radius 3 is 2.12 bits per heavy atom. The molecule has 0 bridgehead atoms. The van der Waals surface area contributed by atoms with Crippen LogP contribution >= 0.6 is 23.2 Å². The summed E-state index contributed by atoms with van der Waals surface area (Å²) >= 11 is 12.4. The summed E-state index contributed by atoms with van der Waals surface area (Å²) < 4.78 is 16.3. The van der Waals surface area contributed by atoms with E-state index >= 15 is 0 Å². The van der Waals surface area contributed by atoms with E-state index in [-0.39, 0.29) is 31.0 Å². The summed E-state index contributed by atoms with van der Waals surface area (Å²) in [6, 6.07) is 9.36. The molecule has 0 spiro atoms. The fourth-order valence-electron chi connectivity index (χ4n) is 3.29. The van der Waals surface area contributed by atoms with E-state index in [4.69, 9.17) is 37.4 Å². The van der Waals surface area contributed by atoms with Crippen molar-refractivity contribution in [1.82, 2.24) is 10.2 Å². The number of methoxy groups -OCH3 is 2. The molecule has 0 saturated carbocycles. The van der Waals surface area contributed by atoms with Crippen LogP contribution in [-0.4, -0.2) is 49.6 Å². The second kappa shape index (κ2) is 13.3. The van der Waals surface area contributed by atoms with E-state index in [1.165, 1.54) is 19.1 Å². The molecule has 34 heavy (non-hydrogen) atoms. The van der Waals surface area contributed by atoms with E-state index in [1.54, 1.807) is 36.4 Å². The number of rotatable bonds is 12. The van der Waals surface area contributed by atoms with Gasteiger partial charge < -0.3 is 24.4 Å². The summed E-state index contributed by atoms with van der Waals surface area (Å²) in [4.78, 5) is 27.9. The Kier molecular flexibility index (Phi) is 10.8. The van der Waals surface area contributed by atoms with Gasteiger partial charge in [-0.25, -0.2) is 0 Å². The van der Waals surface area contributed by atoms with Gasteiger partial charge in [0.2, 0.25) is 5.91 Å². The van der Waals surface area contributed by atoms with Crippen LogP contribution in [0, 0.1) is 0 Å². The molecule has 2 aromatic carbocycles. The van der Waals surface area contributed by atoms with Crippen LogP contribution in [-0.2, 0) is 16.1 Å². The molecule has 186 valence electrons. The molecule has 2 aromatic rings. The molecule has 0 aliphatic heterocycles. The maximum Gasteiger partial charge on any atom is 0.261 e. The molecule has 0 fully saturated rings. The summed E-state index contributed by atoms with van der Waals surface area (Å²) in [7, 11) is 3.06. The molecular formula is C25H32Cl2N2O5. The molecule has 2 rings (SSSR count). The van der Waals surface area contributed by atoms with Gasteiger partial charge in [-0.3, -0.25) is 9.59 Å². The molecule has 0 aromatic heterocycles. The first-order valence-corrected chi connectivity index (χ1v) is 11.9. The number of benzene rings is 2. The Balaban J connectivity index is 2.29. The van der Waals surface area contributed by atoms with Crippen LogP contribution in [0.2, 0.25) is 10.0 Å². The van der Waals surface area contributed by atoms with Crippen molar-refractivity contribution in [3.05, 3.63) is 52.0 Å². The zero-order chi connectivity index (χ0) is 25.3. The molecule has 9 heteroatoms. The summed E-state index contributed by atoms with van der Waals surface area (Å²) in [6.45, 7) is 5.61. The summed E-state index contributed by atoms with van der Waals surface area (Å²) in [5, 5.41) is 3.88. The van der Waals surface area contributed by atoms with Crippen LogP contribution in [0.3, 0.4) is 0 Å². The van der Waals surface area contributed by atoms with Gasteiger partial charge in [0.25, 0.3) is 5.91 Å². The van der Waals surface area contributed by atoms with E-state index in [9.17, 15) is 9.59 Å². The van der Waals surface area contributed by atoms with Crippen molar-refractivity contribution < 1.29 is 23.8 Å². The van der Waals surface area contributed by atoms with Crippen LogP contribution < -0.4 is 19.5 Å². The second-order valence-corrected chi connectivity index (χ2v) is 8.68. The lowest BCUT2D eigenvalue weighted by molar-refractivity contribution is -0.143. The summed E-state index contributed by atoms with van der Waals surface area (Å²) in [6.07, 6.45) is 1.20. The minimum absolute atomic E-state index is 0.0156. The van der Waals surface area contributed by atoms with Crippen molar-refractivity contribution in [2.75, 3.05) is 20.8 Å². The highest BCUT2D eigenvalue weighted by atomic mass is 35.5. The molecule has 0 radical (unpaired) electrons. The first-order chi connectivity index (χ1) is 16.2. The largest absolute Gasteiger partial charge is 0.496 e. The predicted octanol–water partition coefficient (Wildman–Crippen LogP) is 5.11. The molecule has 0 aliphatic carbocycles. The van der Waals surface area contributed by atoms with Crippen LogP contribution in [0.25, 0.3) is 0 Å². The standard InChI is InChI=1S/C25H32Cl2N2O5/c1-6-16(3)28-25(31)23(7-2)29(14-17-8-9-18(26)10-22(17)27)24(30)15-34-21-12-19(32-4)11-20(13-21)33-5/h8-13,16,23H,6-7,14-15H2,1-5H3,(H,28,31)/t16-,23+/m0/s1. The number of carbonyl (C=O) groups is 2. The van der Waals surface area contributed by atoms with Gasteiger partial charge in [0.05, 0.1) is 14.2 Å². The molecule has 1 N–H and O–H groups in total. The molecule has 2 atom stereocenters. The van der Waals surface area contributed by atoms with Gasteiger partial charge in [-0.2, -0.15) is 0 Å². The van der Waals surface area contributed by atoms with Gasteiger partial charge >= 0.3 is 0 Å². The first-order valence-electron chi connectivity index (χ1n) is 11.1. The molecule has 0 aliphatic rings. The van der Waals surface area contributed by atoms with Gasteiger partial charge in [0.15, 0.2) is 6.61 Å². The lowest BCUT2D eigenvalue weighted by Gasteiger charge is -2.31. The second-order valence-electron chi connectivity index (χ2n) is 7.84. The fraction of sp³-hybridized carbons (Fsp3) is 0.440. The monoisotopic (exact) mass is 510 g/mol. The Hall–Kier alpha value is -2.64. The number of amides is 2. The van der Waals surface area contributed by atoms with E-state index in [0.717, 1.165) is 6.42 Å². The molecule has 7 nitrogen and oxygen atoms in total. The number of halogens is 2. The third-order valence-electron chi connectivity index (χ3n) is 5.43. The van der Waals surface area contributed by atoms with Gasteiger partial charge in [-0.15, -0.1) is 0 Å². The number of carbonyl (C=O) groups excluding carboxylic acids is 2. The number of ether oxygens (including phenoxy) is 3. The third kappa shape index (κ3) is 7.71. The highest BCUT2D eigenvalue weighted by Crippen LogP contribution is 2.28. The third-order valence-corrected chi connectivity index (χ3v) is 6.02. The van der Waals surface area contributed by atoms with Crippen molar-refractivity contribution in [1.29, 1.82) is 0 Å². The van der Waals surface area contributed by atoms with E-state index in [2.05, 4.69) is 5.32 Å². The van der Waals surface area contributed by atoms with Crippen LogP contribution in [0.1, 0.15) is 39.2 Å². The molecule has 0 saturated heterocycles. The first kappa shape index (κ1) is 27.6. The fourth-order valence-corrected chi connectivity index (χ4v) is 3.75. The Labute approximate surface area is 211 Å². The number of hydrogen-bond donors (Lipinski definition) is 1. The molecule has 2 amide bonds. The SMILES string of the molecule is CC[C@H](C(=O)N[C@@H](C)CC)N(Cc1ccc(Cl)cc1Cl)C(=O)COc1cc(OC)cc(OC)c1. The highest BCUT2D eigenvalue weighted by Gasteiger charge is 2.30. The Bertz CT molecular complexity index is 964. The minimum Gasteiger partial charge on any atom is -0.496 e. The zero-order valence-corrected chi connectivity index (χ0v) is 21.7. The number of nitrogens with one attached hydrogen (secondary N) is 1. The summed E-state index contributed by atoms with van der Waals surface area (Å²) in [5.74, 6) is 0.889. The van der Waals surface area contributed by atoms with Crippen molar-refractivity contribution in [2.24, 2.45) is 0 Å². The zero-order valence-electron chi connectivity index (χ0n) is 20.2. The van der Waals surface area contributed by atoms with Gasteiger partial charge in [-0.1, -0.05) is 43.1 Å². The molecule has 0 unspecified atom stereocenters. The van der Waals surface area contributed by atoms with E-state index in [0.29, 0.717) is 39.3 Å². The van der Waals surface area contributed by atoms with Gasteiger partial charge in [0, 0.05) is 40.8 Å². The molecular weight excluding hydrogens is 479 g/mol. The average Bonchev–Trinajstić information content (AvgIpc) is 2.83. The van der Waals surface area contributed by atoms with Crippen LogP contribution in [0.5, 0.6) is 17.2 Å². The normalized spacial score (nSPS) is 12.4. The maximum absolute atomic E-state index is 13.4. The van der Waals surface area contributed by atoms with Crippen molar-refractivity contribution >= 4 is 35.0 Å². The Morgan fingerprint density at radius 2 is 1.59 bits per heavy atom. The maximum atomic E-state index is 13.4. The number of nitrogens with zero attached hydrogens (tertiary/aromatic N) is 1. The van der Waals surface area contributed by atoms with E-state index < -0.39 is 6.04 Å².